The van der Waals surface area contributed by atoms with Crippen molar-refractivity contribution in [2.45, 2.75) is 19.9 Å². The normalized spacial score (nSPS) is 12.3. The van der Waals surface area contributed by atoms with E-state index < -0.39 is 0 Å². The molecule has 1 unspecified atom stereocenters. The Morgan fingerprint density at radius 1 is 1.40 bits per heavy atom. The van der Waals surface area contributed by atoms with Gasteiger partial charge in [0.2, 0.25) is 0 Å². The molecule has 0 amide bonds. The summed E-state index contributed by atoms with van der Waals surface area (Å²) in [5.74, 6) is 3.58. The molecule has 1 rings (SSSR count). The molecule has 0 bridgehead atoms. The van der Waals surface area contributed by atoms with Crippen molar-refractivity contribution in [2.75, 3.05) is 29.7 Å². The SMILES string of the molecule is CNc1cc(NC(C)CSC)nc(C)n1. The van der Waals surface area contributed by atoms with Crippen LogP contribution in [-0.4, -0.2) is 35.1 Å². The van der Waals surface area contributed by atoms with Crippen LogP contribution in [0.25, 0.3) is 0 Å². The smallest absolute Gasteiger partial charge is 0.132 e. The topological polar surface area (TPSA) is 49.8 Å². The maximum Gasteiger partial charge on any atom is 0.132 e. The average Bonchev–Trinajstić information content (AvgIpc) is 2.17. The summed E-state index contributed by atoms with van der Waals surface area (Å²) in [5, 5.41) is 6.36. The number of hydrogen-bond donors (Lipinski definition) is 2. The van der Waals surface area contributed by atoms with Crippen LogP contribution in [0.1, 0.15) is 12.7 Å². The summed E-state index contributed by atoms with van der Waals surface area (Å²) in [6, 6.07) is 2.34. The fourth-order valence-corrected chi connectivity index (χ4v) is 1.90. The van der Waals surface area contributed by atoms with Crippen LogP contribution in [0.15, 0.2) is 6.07 Å². The van der Waals surface area contributed by atoms with Crippen LogP contribution in [0.2, 0.25) is 0 Å². The molecule has 4 nitrogen and oxygen atoms in total. The standard InChI is InChI=1S/C10H18N4S/c1-7(6-15-4)12-10-5-9(11-3)13-8(2)14-10/h5,7H,6H2,1-4H3,(H2,11,12,13,14). The summed E-state index contributed by atoms with van der Waals surface area (Å²) >= 11 is 1.82. The van der Waals surface area contributed by atoms with E-state index in [-0.39, 0.29) is 0 Å². The molecule has 0 aromatic carbocycles. The Kier molecular flexibility index (Phi) is 4.68. The lowest BCUT2D eigenvalue weighted by Gasteiger charge is -2.14. The number of hydrogen-bond acceptors (Lipinski definition) is 5. The predicted molar refractivity (Wildman–Crippen MR) is 67.8 cm³/mol. The zero-order chi connectivity index (χ0) is 11.3. The first-order chi connectivity index (χ1) is 7.15. The van der Waals surface area contributed by atoms with Crippen molar-refractivity contribution in [3.05, 3.63) is 11.9 Å². The molecule has 84 valence electrons. The highest BCUT2D eigenvalue weighted by atomic mass is 32.2. The molecular weight excluding hydrogens is 208 g/mol. The lowest BCUT2D eigenvalue weighted by molar-refractivity contribution is 0.894. The molecule has 0 aliphatic carbocycles. The van der Waals surface area contributed by atoms with Crippen molar-refractivity contribution in [3.63, 3.8) is 0 Å². The molecule has 0 saturated carbocycles. The van der Waals surface area contributed by atoms with Crippen molar-refractivity contribution in [2.24, 2.45) is 0 Å². The molecule has 0 aliphatic heterocycles. The third-order valence-electron chi connectivity index (χ3n) is 1.91. The Balaban J connectivity index is 2.71. The minimum Gasteiger partial charge on any atom is -0.373 e. The van der Waals surface area contributed by atoms with Gasteiger partial charge >= 0.3 is 0 Å². The fourth-order valence-electron chi connectivity index (χ4n) is 1.31. The van der Waals surface area contributed by atoms with Crippen LogP contribution < -0.4 is 10.6 Å². The number of nitrogens with one attached hydrogen (secondary N) is 2. The van der Waals surface area contributed by atoms with Crippen LogP contribution in [0, 0.1) is 6.92 Å². The summed E-state index contributed by atoms with van der Waals surface area (Å²) in [5.41, 5.74) is 0. The van der Waals surface area contributed by atoms with Crippen LogP contribution in [-0.2, 0) is 0 Å². The van der Waals surface area contributed by atoms with E-state index in [1.807, 2.05) is 31.8 Å². The maximum atomic E-state index is 4.33. The zero-order valence-corrected chi connectivity index (χ0v) is 10.5. The molecule has 0 fully saturated rings. The van der Waals surface area contributed by atoms with Gasteiger partial charge in [-0.15, -0.1) is 0 Å². The van der Waals surface area contributed by atoms with E-state index in [0.29, 0.717) is 6.04 Å². The van der Waals surface area contributed by atoms with Gasteiger partial charge in [0, 0.05) is 24.9 Å². The van der Waals surface area contributed by atoms with Gasteiger partial charge in [-0.25, -0.2) is 9.97 Å². The van der Waals surface area contributed by atoms with Crippen molar-refractivity contribution < 1.29 is 0 Å². The fraction of sp³-hybridized carbons (Fsp3) is 0.600. The Hall–Kier alpha value is -0.970. The van der Waals surface area contributed by atoms with Gasteiger partial charge in [0.1, 0.15) is 17.5 Å². The lowest BCUT2D eigenvalue weighted by Crippen LogP contribution is -2.19. The van der Waals surface area contributed by atoms with Crippen LogP contribution in [0.4, 0.5) is 11.6 Å². The predicted octanol–water partition coefficient (Wildman–Crippen LogP) is 1.99. The van der Waals surface area contributed by atoms with Crippen LogP contribution >= 0.6 is 11.8 Å². The molecule has 15 heavy (non-hydrogen) atoms. The first-order valence-electron chi connectivity index (χ1n) is 4.94. The highest BCUT2D eigenvalue weighted by molar-refractivity contribution is 7.98. The Morgan fingerprint density at radius 3 is 2.67 bits per heavy atom. The third kappa shape index (κ3) is 3.95. The molecule has 1 aromatic heterocycles. The average molecular weight is 226 g/mol. The second kappa shape index (κ2) is 5.80. The van der Waals surface area contributed by atoms with Gasteiger partial charge in [0.15, 0.2) is 0 Å². The van der Waals surface area contributed by atoms with Crippen molar-refractivity contribution in [1.82, 2.24) is 9.97 Å². The van der Waals surface area contributed by atoms with E-state index in [4.69, 9.17) is 0 Å². The van der Waals surface area contributed by atoms with Gasteiger partial charge in [-0.3, -0.25) is 0 Å². The number of nitrogens with zero attached hydrogens (tertiary/aromatic N) is 2. The van der Waals surface area contributed by atoms with E-state index >= 15 is 0 Å². The first kappa shape index (κ1) is 12.1. The van der Waals surface area contributed by atoms with E-state index in [0.717, 1.165) is 23.2 Å². The van der Waals surface area contributed by atoms with Gasteiger partial charge in [-0.2, -0.15) is 11.8 Å². The summed E-state index contributed by atoms with van der Waals surface area (Å²) < 4.78 is 0. The van der Waals surface area contributed by atoms with Crippen molar-refractivity contribution in [3.8, 4) is 0 Å². The lowest BCUT2D eigenvalue weighted by atomic mass is 10.4. The number of rotatable bonds is 5. The van der Waals surface area contributed by atoms with E-state index in [1.165, 1.54) is 0 Å². The Labute approximate surface area is 95.3 Å². The second-order valence-electron chi connectivity index (χ2n) is 3.44. The second-order valence-corrected chi connectivity index (χ2v) is 4.35. The highest BCUT2D eigenvalue weighted by Crippen LogP contribution is 2.12. The third-order valence-corrected chi connectivity index (χ3v) is 2.74. The molecule has 0 saturated heterocycles. The van der Waals surface area contributed by atoms with Gasteiger partial charge in [-0.05, 0) is 20.1 Å². The van der Waals surface area contributed by atoms with E-state index in [2.05, 4.69) is 33.8 Å². The summed E-state index contributed by atoms with van der Waals surface area (Å²) in [7, 11) is 1.86. The molecule has 5 heteroatoms. The van der Waals surface area contributed by atoms with Gasteiger partial charge in [0.25, 0.3) is 0 Å². The number of aryl methyl sites for hydroxylation is 1. The molecule has 0 spiro atoms. The Bertz CT molecular complexity index is 316. The summed E-state index contributed by atoms with van der Waals surface area (Å²) in [6.07, 6.45) is 2.10. The zero-order valence-electron chi connectivity index (χ0n) is 9.66. The molecule has 1 atom stereocenters. The van der Waals surface area contributed by atoms with Crippen molar-refractivity contribution >= 4 is 23.4 Å². The van der Waals surface area contributed by atoms with E-state index in [1.54, 1.807) is 0 Å². The highest BCUT2D eigenvalue weighted by Gasteiger charge is 2.04. The molecule has 2 N–H and O–H groups in total. The molecule has 1 heterocycles. The van der Waals surface area contributed by atoms with Crippen LogP contribution in [0.3, 0.4) is 0 Å². The Morgan fingerprint density at radius 2 is 2.07 bits per heavy atom. The quantitative estimate of drug-likeness (QED) is 0.804. The minimum absolute atomic E-state index is 0.416. The van der Waals surface area contributed by atoms with Crippen molar-refractivity contribution in [1.29, 1.82) is 0 Å². The minimum atomic E-state index is 0.416. The summed E-state index contributed by atoms with van der Waals surface area (Å²) in [4.78, 5) is 8.57. The van der Waals surface area contributed by atoms with Gasteiger partial charge < -0.3 is 10.6 Å². The van der Waals surface area contributed by atoms with Gasteiger partial charge in [0.05, 0.1) is 0 Å². The maximum absolute atomic E-state index is 4.33. The monoisotopic (exact) mass is 226 g/mol. The largest absolute Gasteiger partial charge is 0.373 e. The van der Waals surface area contributed by atoms with Crippen LogP contribution in [0.5, 0.6) is 0 Å². The molecule has 0 aliphatic rings. The number of thioether (sulfide) groups is 1. The number of anilines is 2. The molecular formula is C10H18N4S. The molecule has 0 radical (unpaired) electrons. The molecule has 1 aromatic rings. The first-order valence-corrected chi connectivity index (χ1v) is 6.34. The van der Waals surface area contributed by atoms with E-state index in [9.17, 15) is 0 Å². The summed E-state index contributed by atoms with van der Waals surface area (Å²) in [6.45, 7) is 4.04. The number of aromatic nitrogens is 2. The van der Waals surface area contributed by atoms with Gasteiger partial charge in [-0.1, -0.05) is 0 Å².